The van der Waals surface area contributed by atoms with Gasteiger partial charge in [0.05, 0.1) is 51.4 Å². The van der Waals surface area contributed by atoms with Gasteiger partial charge in [0, 0.05) is 180 Å². The van der Waals surface area contributed by atoms with Gasteiger partial charge in [-0.1, -0.05) is 132 Å². The van der Waals surface area contributed by atoms with Gasteiger partial charge in [-0.15, -0.1) is 11.8 Å². The van der Waals surface area contributed by atoms with Gasteiger partial charge in [-0.25, -0.2) is 57.5 Å². The van der Waals surface area contributed by atoms with Gasteiger partial charge in [0.1, 0.15) is 20.1 Å². The number of carbonyl (C=O) groups excluding carboxylic acids is 9. The first-order valence-corrected chi connectivity index (χ1v) is 41.3. The molecule has 3 aromatic heterocycles. The number of unbranched alkanes of at least 4 members (excludes halogenated alkanes) is 2. The Morgan fingerprint density at radius 3 is 1.11 bits per heavy atom. The van der Waals surface area contributed by atoms with Gasteiger partial charge < -0.3 is 62.2 Å². The molecule has 3 heterocycles. The van der Waals surface area contributed by atoms with Crippen LogP contribution in [0.4, 0.5) is 43.2 Å². The molecule has 39 nitrogen and oxygen atoms in total. The Balaban J connectivity index is -0.00000147. The molecule has 0 aliphatic carbocycles. The van der Waals surface area contributed by atoms with Gasteiger partial charge in [0.2, 0.25) is 0 Å². The van der Waals surface area contributed by atoms with E-state index in [0.717, 1.165) is 19.3 Å². The van der Waals surface area contributed by atoms with Gasteiger partial charge >= 0.3 is 71.3 Å². The lowest BCUT2D eigenvalue weighted by Gasteiger charge is -2.19. The zero-order chi connectivity index (χ0) is 96.7. The molecular formula is C88H135N25O14S. The van der Waals surface area contributed by atoms with Gasteiger partial charge in [-0.2, -0.15) is 0 Å². The quantitative estimate of drug-likeness (QED) is 0.0185. The summed E-state index contributed by atoms with van der Waals surface area (Å²) in [4.78, 5) is 153. The molecule has 0 aliphatic heterocycles. The maximum absolute atomic E-state index is 12.0. The normalized spacial score (nSPS) is 10.8. The first-order chi connectivity index (χ1) is 61.7. The fourth-order valence-electron chi connectivity index (χ4n) is 8.92. The Kier molecular flexibility index (Phi) is 70.7. The lowest BCUT2D eigenvalue weighted by atomic mass is 10.2. The summed E-state index contributed by atoms with van der Waals surface area (Å²) in [5, 5.41) is 26.3. The molecule has 3 rings (SSSR count). The van der Waals surface area contributed by atoms with E-state index in [4.69, 9.17) is 9.47 Å². The third kappa shape index (κ3) is 52.0. The number of carbonyl (C=O) groups is 9. The van der Waals surface area contributed by atoms with Crippen molar-refractivity contribution >= 4 is 84.6 Å². The van der Waals surface area contributed by atoms with E-state index in [0.29, 0.717) is 51.1 Å². The average molecular weight is 1800 g/mol. The molecule has 0 unspecified atom stereocenters. The molecule has 128 heavy (non-hydrogen) atoms. The van der Waals surface area contributed by atoms with Crippen LogP contribution in [0.2, 0.25) is 0 Å². The number of allylic oxidation sites excluding steroid dienone is 12. The lowest BCUT2D eigenvalue weighted by Crippen LogP contribution is -2.45. The second-order valence-corrected chi connectivity index (χ2v) is 25.3. The SMILES string of the molecule is C=CN(/C=C/C)C(=O)NCNCN(C=C)C(=O)N/C=C/C.C=CN(/C=C/C)C(=O)NCOCN(C=C)C(=O)N/C=C/C.C=CN(/C=C/C)C(=O)NCSCN(C=C)C(=O)N/C=C/C.C=CN(/C=C/C)C(=O)NCn1ccn(/C=C/C)c1=O.C=CN(CCCCCn1ccn(/C=C/C)c1=O)C(=O)N/C=C/C.C=CN(CCOCCn1ccn(/C=C/C)c1=O)C(=O)N/C=C/C. The van der Waals surface area contributed by atoms with Crippen molar-refractivity contribution in [2.24, 2.45) is 0 Å². The largest absolute Gasteiger partial charge is 0.378 e. The number of thioether (sulfide) groups is 1. The van der Waals surface area contributed by atoms with E-state index in [9.17, 15) is 57.5 Å². The Bertz CT molecular complexity index is 4160. The summed E-state index contributed by atoms with van der Waals surface area (Å²) in [7, 11) is 0. The van der Waals surface area contributed by atoms with Crippen molar-refractivity contribution in [2.75, 3.05) is 64.9 Å². The van der Waals surface area contributed by atoms with Crippen molar-refractivity contribution in [3.63, 3.8) is 0 Å². The summed E-state index contributed by atoms with van der Waals surface area (Å²) in [6.45, 7) is 57.1. The highest BCUT2D eigenvalue weighted by Crippen LogP contribution is 2.07. The average Bonchev–Trinajstić information content (AvgIpc) is 1.74. The fraction of sp³-hybridized carbons (Fsp3) is 0.318. The highest BCUT2D eigenvalue weighted by Gasteiger charge is 2.16. The summed E-state index contributed by atoms with van der Waals surface area (Å²) in [6, 6.07) is -2.74. The molecule has 0 saturated heterocycles. The monoisotopic (exact) mass is 1800 g/mol. The van der Waals surface area contributed by atoms with E-state index in [1.165, 1.54) is 133 Å². The summed E-state index contributed by atoms with van der Waals surface area (Å²) in [5.74, 6) is 0.743. The minimum atomic E-state index is -0.383. The van der Waals surface area contributed by atoms with Crippen LogP contribution in [0.25, 0.3) is 18.6 Å². The van der Waals surface area contributed by atoms with Crippen molar-refractivity contribution in [3.8, 4) is 0 Å². The Labute approximate surface area is 757 Å². The Morgan fingerprint density at radius 2 is 0.711 bits per heavy atom. The molecule has 0 radical (unpaired) electrons. The molecule has 3 aromatic rings. The molecule has 0 atom stereocenters. The van der Waals surface area contributed by atoms with E-state index in [1.54, 1.807) is 226 Å². The van der Waals surface area contributed by atoms with Crippen LogP contribution >= 0.6 is 11.8 Å². The molecule has 0 fully saturated rings. The molecule has 0 aliphatic rings. The van der Waals surface area contributed by atoms with Gasteiger partial charge in [-0.3, -0.25) is 71.9 Å². The number of hydrogen-bond donors (Lipinski definition) is 10. The van der Waals surface area contributed by atoms with Crippen LogP contribution < -0.4 is 70.2 Å². The number of rotatable bonds is 47. The van der Waals surface area contributed by atoms with Crippen molar-refractivity contribution in [1.29, 1.82) is 0 Å². The number of imidazole rings is 3. The van der Waals surface area contributed by atoms with Crippen LogP contribution in [-0.2, 0) is 29.2 Å². The molecule has 10 N–H and O–H groups in total. The first kappa shape index (κ1) is 117. The van der Waals surface area contributed by atoms with Crippen LogP contribution in [0.1, 0.15) is 102 Å². The molecule has 0 bridgehead atoms. The highest BCUT2D eigenvalue weighted by atomic mass is 32.2. The van der Waals surface area contributed by atoms with Crippen molar-refractivity contribution < 1.29 is 52.6 Å². The van der Waals surface area contributed by atoms with E-state index in [2.05, 4.69) is 112 Å². The zero-order valence-electron chi connectivity index (χ0n) is 76.0. The topological polar surface area (TPSA) is 402 Å². The van der Waals surface area contributed by atoms with Crippen molar-refractivity contribution in [3.05, 3.63) is 312 Å². The second-order valence-electron chi connectivity index (χ2n) is 24.3. The standard InChI is InChI=1S/C17H26N4O2.C16H24N4O3.C14H23N5O2.C14H22N4O3.C14H22N4O2S.C13H18N4O2/c1-4-10-18-16(22)19(6-3)12-8-7-9-13-21-15-14-20(11-5-2)17(21)23;1-4-7-17-15(21)18(6-3)11-13-23-14-12-20-10-9-19(8-5-2)16(20)22;1-5-9-16-13(20)19(8-4)12-15-11-17-14(21)18(7-3)10-6-2;2*1-5-9-15-13(19)18(8-4)12-21-11-16-14(20)17(7-3)10-6-2;1-4-7-15(6-3)12(18)14-11-17-10-9-16(8-5-2)13(17)19/h4-6,10-11,14-15H,3,7-9,12-13H2,1-2H3,(H,18,22);4-10H,3,11-14H2,1-2H3,(H,17,21);5-10,15H,3-4,11-12H2,1-2H3,(H,16,20)(H,17,21);2*5-10H,3-4,11-12H2,1-2H3,(H,15,19)(H,16,20);4-10H,3,11H2,1-2H3,(H,14,18)/b10-4+,11-5+;7-4+,8-5+;3*9-5+,10-6+;7-4+,8-5+. The number of amides is 18. The number of aromatic nitrogens is 6. The number of nitrogens with one attached hydrogen (secondary N) is 10. The van der Waals surface area contributed by atoms with Crippen LogP contribution in [0.5, 0.6) is 0 Å². The number of hydrogen-bond acceptors (Lipinski definition) is 16. The molecule has 0 saturated carbocycles. The van der Waals surface area contributed by atoms with Gasteiger partial charge in [0.25, 0.3) is 0 Å². The van der Waals surface area contributed by atoms with Gasteiger partial charge in [0.15, 0.2) is 0 Å². The highest BCUT2D eigenvalue weighted by molar-refractivity contribution is 7.99. The summed E-state index contributed by atoms with van der Waals surface area (Å²) in [6.07, 6.45) is 65.6. The van der Waals surface area contributed by atoms with E-state index < -0.39 is 0 Å². The van der Waals surface area contributed by atoms with Crippen LogP contribution in [0, 0.1) is 0 Å². The van der Waals surface area contributed by atoms with Gasteiger partial charge in [-0.05, 0) is 102 Å². The van der Waals surface area contributed by atoms with E-state index in [1.807, 2.05) is 47.6 Å². The van der Waals surface area contributed by atoms with Crippen molar-refractivity contribution in [2.45, 2.75) is 122 Å². The number of ether oxygens (including phenoxy) is 2. The van der Waals surface area contributed by atoms with Crippen molar-refractivity contribution in [1.82, 2.24) is 125 Å². The predicted octanol–water partition coefficient (Wildman–Crippen LogP) is 13.8. The van der Waals surface area contributed by atoms with Crippen LogP contribution in [0.15, 0.2) is 295 Å². The molecular weight excluding hydrogens is 1660 g/mol. The maximum Gasteiger partial charge on any atom is 0.333 e. The predicted molar refractivity (Wildman–Crippen MR) is 513 cm³/mol. The summed E-state index contributed by atoms with van der Waals surface area (Å²) >= 11 is 1.37. The van der Waals surface area contributed by atoms with Crippen LogP contribution in [0.3, 0.4) is 0 Å². The summed E-state index contributed by atoms with van der Waals surface area (Å²) in [5.41, 5.74) is -0.346. The number of urea groups is 9. The Morgan fingerprint density at radius 1 is 0.352 bits per heavy atom. The minimum Gasteiger partial charge on any atom is -0.378 e. The molecule has 0 aromatic carbocycles. The zero-order valence-corrected chi connectivity index (χ0v) is 76.8. The third-order valence-corrected chi connectivity index (χ3v) is 16.0. The third-order valence-electron chi connectivity index (χ3n) is 15.2. The maximum atomic E-state index is 12.0. The minimum absolute atomic E-state index is 0.0263. The number of aryl methyl sites for hydroxylation is 1. The smallest absolute Gasteiger partial charge is 0.333 e. The lowest BCUT2D eigenvalue weighted by molar-refractivity contribution is 0.0604. The van der Waals surface area contributed by atoms with Crippen LogP contribution in [-0.4, -0.2) is 191 Å². The summed E-state index contributed by atoms with van der Waals surface area (Å²) < 4.78 is 19.8. The second kappa shape index (κ2) is 77.1. The molecule has 40 heteroatoms. The van der Waals surface area contributed by atoms with E-state index in [-0.39, 0.29) is 105 Å². The fourth-order valence-corrected chi connectivity index (χ4v) is 9.65. The van der Waals surface area contributed by atoms with E-state index >= 15 is 0 Å². The number of nitrogens with zero attached hydrogens (tertiary/aromatic N) is 15. The molecule has 18 amide bonds. The molecule has 0 spiro atoms. The molecule has 702 valence electrons. The first-order valence-electron chi connectivity index (χ1n) is 40.2. The Hall–Kier alpha value is -14.8.